The van der Waals surface area contributed by atoms with Gasteiger partial charge in [-0.3, -0.25) is 9.59 Å². The molecule has 1 saturated heterocycles. The molecule has 2 atom stereocenters. The van der Waals surface area contributed by atoms with Crippen molar-refractivity contribution in [2.24, 2.45) is 0 Å². The minimum absolute atomic E-state index is 0.0658. The van der Waals surface area contributed by atoms with Crippen LogP contribution in [0.1, 0.15) is 19.4 Å². The number of carbonyl (C=O) groups is 2. The van der Waals surface area contributed by atoms with Crippen LogP contribution in [0.3, 0.4) is 0 Å². The summed E-state index contributed by atoms with van der Waals surface area (Å²) < 4.78 is 17.1. The third-order valence-corrected chi connectivity index (χ3v) is 5.96. The molecule has 2 unspecified atom stereocenters. The Morgan fingerprint density at radius 1 is 0.875 bits per heavy atom. The normalized spacial score (nSPS) is 23.2. The van der Waals surface area contributed by atoms with Gasteiger partial charge in [0, 0.05) is 24.2 Å². The van der Waals surface area contributed by atoms with Gasteiger partial charge in [0.05, 0.1) is 23.5 Å². The third kappa shape index (κ3) is 3.61. The quantitative estimate of drug-likeness (QED) is 0.661. The van der Waals surface area contributed by atoms with Gasteiger partial charge in [-0.25, -0.2) is 4.90 Å². The van der Waals surface area contributed by atoms with E-state index in [9.17, 15) is 9.59 Å². The fraction of sp³-hybridized carbons (Fsp3) is 0.333. The van der Waals surface area contributed by atoms with Crippen LogP contribution in [0.4, 0.5) is 5.69 Å². The van der Waals surface area contributed by atoms with E-state index in [-0.39, 0.29) is 24.0 Å². The van der Waals surface area contributed by atoms with Gasteiger partial charge in [0.2, 0.25) is 0 Å². The Kier molecular flexibility index (Phi) is 5.31. The first-order valence-corrected chi connectivity index (χ1v) is 11.0. The molecule has 0 N–H and O–H groups in total. The molecule has 2 aromatic carbocycles. The van der Waals surface area contributed by atoms with Crippen molar-refractivity contribution in [3.05, 3.63) is 58.7 Å². The molecule has 3 aliphatic heterocycles. The molecule has 3 aliphatic rings. The van der Waals surface area contributed by atoms with Crippen LogP contribution in [0, 0.1) is 0 Å². The van der Waals surface area contributed by atoms with E-state index < -0.39 is 0 Å². The second-order valence-electron chi connectivity index (χ2n) is 8.17. The van der Waals surface area contributed by atoms with Crippen molar-refractivity contribution >= 4 is 34.7 Å². The number of benzene rings is 2. The Bertz CT molecular complexity index is 1100. The van der Waals surface area contributed by atoms with Crippen LogP contribution in [-0.4, -0.2) is 55.2 Å². The van der Waals surface area contributed by atoms with Crippen LogP contribution in [0.5, 0.6) is 11.5 Å². The molecule has 2 amide bonds. The highest BCUT2D eigenvalue weighted by Crippen LogP contribution is 2.40. The lowest BCUT2D eigenvalue weighted by atomic mass is 10.0. The standard InChI is InChI=1S/C24H23ClN2O5/c1-14-12-26(13-15(2)32-14)22-21(16-3-5-17(25)6-4-16)23(28)27(24(22)29)18-7-8-19-20(11-18)31-10-9-30-19/h3-8,11,14-15H,9-10,12-13H2,1-2H3. The van der Waals surface area contributed by atoms with Gasteiger partial charge in [-0.2, -0.15) is 0 Å². The SMILES string of the molecule is CC1CN(C2=C(c3ccc(Cl)cc3)C(=O)N(c3ccc4c(c3)OCCO4)C2=O)CC(C)O1. The lowest BCUT2D eigenvalue weighted by Gasteiger charge is -2.37. The molecular formula is C24H23ClN2O5. The molecular weight excluding hydrogens is 432 g/mol. The summed E-state index contributed by atoms with van der Waals surface area (Å²) in [7, 11) is 0. The van der Waals surface area contributed by atoms with E-state index in [1.165, 1.54) is 4.90 Å². The Hall–Kier alpha value is -3.03. The van der Waals surface area contributed by atoms with Crippen LogP contribution < -0.4 is 14.4 Å². The molecule has 0 bridgehead atoms. The van der Waals surface area contributed by atoms with Gasteiger partial charge >= 0.3 is 0 Å². The average Bonchev–Trinajstić information content (AvgIpc) is 3.03. The highest BCUT2D eigenvalue weighted by Gasteiger charge is 2.44. The Labute approximate surface area is 191 Å². The first-order chi connectivity index (χ1) is 15.4. The number of fused-ring (bicyclic) bond motifs is 1. The monoisotopic (exact) mass is 454 g/mol. The number of amides is 2. The van der Waals surface area contributed by atoms with Gasteiger partial charge in [0.15, 0.2) is 11.5 Å². The summed E-state index contributed by atoms with van der Waals surface area (Å²) in [5, 5.41) is 0.560. The number of nitrogens with zero attached hydrogens (tertiary/aromatic N) is 2. The van der Waals surface area contributed by atoms with Crippen LogP contribution >= 0.6 is 11.6 Å². The molecule has 32 heavy (non-hydrogen) atoms. The van der Waals surface area contributed by atoms with E-state index in [2.05, 4.69) is 0 Å². The summed E-state index contributed by atoms with van der Waals surface area (Å²) in [6.45, 7) is 5.85. The first-order valence-electron chi connectivity index (χ1n) is 10.6. The molecule has 0 aromatic heterocycles. The third-order valence-electron chi connectivity index (χ3n) is 5.71. The van der Waals surface area contributed by atoms with Crippen LogP contribution in [0.15, 0.2) is 48.2 Å². The largest absolute Gasteiger partial charge is 0.486 e. The zero-order chi connectivity index (χ0) is 22.4. The molecule has 166 valence electrons. The van der Waals surface area contributed by atoms with Crippen LogP contribution in [0.2, 0.25) is 5.02 Å². The van der Waals surface area contributed by atoms with Gasteiger partial charge in [-0.05, 0) is 43.7 Å². The molecule has 7 nitrogen and oxygen atoms in total. The highest BCUT2D eigenvalue weighted by atomic mass is 35.5. The first kappa shape index (κ1) is 20.8. The summed E-state index contributed by atoms with van der Waals surface area (Å²) in [6.07, 6.45) is -0.132. The van der Waals surface area contributed by atoms with Crippen LogP contribution in [-0.2, 0) is 14.3 Å². The molecule has 2 aromatic rings. The fourth-order valence-electron chi connectivity index (χ4n) is 4.45. The second kappa shape index (κ2) is 8.15. The lowest BCUT2D eigenvalue weighted by Crippen LogP contribution is -2.47. The average molecular weight is 455 g/mol. The summed E-state index contributed by atoms with van der Waals surface area (Å²) in [5.41, 5.74) is 1.84. The van der Waals surface area contributed by atoms with Crippen molar-refractivity contribution in [2.45, 2.75) is 26.1 Å². The summed E-state index contributed by atoms with van der Waals surface area (Å²) >= 11 is 6.07. The number of halogens is 1. The molecule has 0 saturated carbocycles. The number of morpholine rings is 1. The van der Waals surface area contributed by atoms with E-state index >= 15 is 0 Å². The number of hydrogen-bond acceptors (Lipinski definition) is 6. The minimum atomic E-state index is -0.379. The number of carbonyl (C=O) groups excluding carboxylic acids is 2. The van der Waals surface area contributed by atoms with Crippen molar-refractivity contribution in [3.63, 3.8) is 0 Å². The molecule has 0 radical (unpaired) electrons. The topological polar surface area (TPSA) is 68.3 Å². The van der Waals surface area contributed by atoms with Crippen molar-refractivity contribution in [2.75, 3.05) is 31.2 Å². The summed E-state index contributed by atoms with van der Waals surface area (Å²) in [6, 6.07) is 12.1. The number of hydrogen-bond donors (Lipinski definition) is 0. The molecule has 8 heteroatoms. The van der Waals surface area contributed by atoms with Gasteiger partial charge in [-0.1, -0.05) is 23.7 Å². The Morgan fingerprint density at radius 3 is 2.22 bits per heavy atom. The molecule has 3 heterocycles. The van der Waals surface area contributed by atoms with Crippen molar-refractivity contribution in [1.82, 2.24) is 4.90 Å². The second-order valence-corrected chi connectivity index (χ2v) is 8.60. The highest BCUT2D eigenvalue weighted by molar-refractivity contribution is 6.45. The maximum absolute atomic E-state index is 13.7. The van der Waals surface area contributed by atoms with E-state index in [0.29, 0.717) is 65.3 Å². The van der Waals surface area contributed by atoms with E-state index in [1.54, 1.807) is 42.5 Å². The zero-order valence-electron chi connectivity index (χ0n) is 17.8. The number of anilines is 1. The Balaban J connectivity index is 1.59. The van der Waals surface area contributed by atoms with Gasteiger partial charge in [0.25, 0.3) is 11.8 Å². The fourth-order valence-corrected chi connectivity index (χ4v) is 4.58. The minimum Gasteiger partial charge on any atom is -0.486 e. The zero-order valence-corrected chi connectivity index (χ0v) is 18.6. The predicted molar refractivity (Wildman–Crippen MR) is 120 cm³/mol. The van der Waals surface area contributed by atoms with E-state index in [4.69, 9.17) is 25.8 Å². The van der Waals surface area contributed by atoms with E-state index in [0.717, 1.165) is 0 Å². The smallest absolute Gasteiger partial charge is 0.282 e. The van der Waals surface area contributed by atoms with Gasteiger partial charge in [-0.15, -0.1) is 0 Å². The summed E-state index contributed by atoms with van der Waals surface area (Å²) in [5.74, 6) is 0.374. The van der Waals surface area contributed by atoms with Crippen molar-refractivity contribution < 1.29 is 23.8 Å². The maximum Gasteiger partial charge on any atom is 0.282 e. The summed E-state index contributed by atoms with van der Waals surface area (Å²) in [4.78, 5) is 30.6. The maximum atomic E-state index is 13.7. The number of ether oxygens (including phenoxy) is 3. The molecule has 0 aliphatic carbocycles. The molecule has 1 fully saturated rings. The number of rotatable bonds is 3. The van der Waals surface area contributed by atoms with E-state index in [1.807, 2.05) is 18.7 Å². The predicted octanol–water partition coefficient (Wildman–Crippen LogP) is 3.50. The lowest BCUT2D eigenvalue weighted by molar-refractivity contribution is -0.121. The van der Waals surface area contributed by atoms with Crippen molar-refractivity contribution in [3.8, 4) is 11.5 Å². The molecule has 5 rings (SSSR count). The van der Waals surface area contributed by atoms with Gasteiger partial charge in [0.1, 0.15) is 18.9 Å². The van der Waals surface area contributed by atoms with Gasteiger partial charge < -0.3 is 19.1 Å². The molecule has 0 spiro atoms. The Morgan fingerprint density at radius 2 is 1.53 bits per heavy atom. The van der Waals surface area contributed by atoms with Crippen LogP contribution in [0.25, 0.3) is 5.57 Å². The number of imide groups is 1. The van der Waals surface area contributed by atoms with Crippen molar-refractivity contribution in [1.29, 1.82) is 0 Å².